The van der Waals surface area contributed by atoms with Crippen molar-refractivity contribution < 1.29 is 23.5 Å². The normalized spacial score (nSPS) is 11.9. The number of nitrogens with zero attached hydrogens (tertiary/aromatic N) is 3. The molecule has 0 bridgehead atoms. The second-order valence-electron chi connectivity index (χ2n) is 6.64. The van der Waals surface area contributed by atoms with E-state index < -0.39 is 4.92 Å². The van der Waals surface area contributed by atoms with Gasteiger partial charge in [-0.25, -0.2) is 0 Å². The molecule has 0 aliphatic carbocycles. The minimum atomic E-state index is -0.490. The van der Waals surface area contributed by atoms with Crippen molar-refractivity contribution in [2.45, 2.75) is 26.8 Å². The fraction of sp³-hybridized carbons (Fsp3) is 0.316. The van der Waals surface area contributed by atoms with E-state index in [1.54, 1.807) is 25.1 Å². The zero-order chi connectivity index (χ0) is 20.8. The lowest BCUT2D eigenvalue weighted by Crippen LogP contribution is -3.11. The summed E-state index contributed by atoms with van der Waals surface area (Å²) in [6.45, 7) is 5.06. The van der Waals surface area contributed by atoms with Crippen LogP contribution >= 0.6 is 0 Å². The summed E-state index contributed by atoms with van der Waals surface area (Å²) in [6, 6.07) is 7.84. The number of amides is 1. The predicted octanol–water partition coefficient (Wildman–Crippen LogP) is 1.98. The number of nitro groups is 1. The average molecular weight is 400 g/mol. The number of furan rings is 1. The molecule has 3 rings (SSSR count). The Morgan fingerprint density at radius 3 is 2.83 bits per heavy atom. The average Bonchev–Trinajstić information content (AvgIpc) is 3.35. The summed E-state index contributed by atoms with van der Waals surface area (Å²) in [6.07, 6.45) is 2.38. The maximum atomic E-state index is 12.5. The minimum absolute atomic E-state index is 0.0695. The molecule has 1 unspecified atom stereocenters. The Morgan fingerprint density at radius 1 is 1.31 bits per heavy atom. The van der Waals surface area contributed by atoms with E-state index >= 15 is 0 Å². The summed E-state index contributed by atoms with van der Waals surface area (Å²) in [7, 11) is 0. The van der Waals surface area contributed by atoms with Gasteiger partial charge in [-0.1, -0.05) is 13.0 Å². The Morgan fingerprint density at radius 2 is 2.14 bits per heavy atom. The molecule has 0 fully saturated rings. The Bertz CT molecular complexity index is 983. The molecule has 0 aliphatic rings. The molecule has 1 amide bonds. The Kier molecular flexibility index (Phi) is 6.35. The monoisotopic (exact) mass is 400 g/mol. The zero-order valence-corrected chi connectivity index (χ0v) is 16.2. The van der Waals surface area contributed by atoms with Gasteiger partial charge in [0.05, 0.1) is 23.4 Å². The molecule has 0 saturated heterocycles. The summed E-state index contributed by atoms with van der Waals surface area (Å²) >= 11 is 0. The van der Waals surface area contributed by atoms with Gasteiger partial charge >= 0.3 is 0 Å². The van der Waals surface area contributed by atoms with Crippen molar-refractivity contribution in [1.82, 2.24) is 10.2 Å². The quantitative estimate of drug-likeness (QED) is 0.415. The molecule has 0 spiro atoms. The third-order valence-corrected chi connectivity index (χ3v) is 4.32. The Hall–Kier alpha value is -3.53. The largest absolute Gasteiger partial charge is 0.459 e. The first-order valence-corrected chi connectivity index (χ1v) is 9.21. The highest BCUT2D eigenvalue weighted by atomic mass is 16.6. The summed E-state index contributed by atoms with van der Waals surface area (Å²) in [5, 5.41) is 21.7. The number of carbonyl (C=O) groups is 1. The molecule has 152 valence electrons. The number of rotatable bonds is 9. The van der Waals surface area contributed by atoms with Gasteiger partial charge in [-0.15, -0.1) is 10.2 Å². The van der Waals surface area contributed by atoms with E-state index in [1.165, 1.54) is 18.4 Å². The van der Waals surface area contributed by atoms with E-state index in [0.717, 1.165) is 23.4 Å². The Labute approximate surface area is 166 Å². The summed E-state index contributed by atoms with van der Waals surface area (Å²) in [5.41, 5.74) is 1.11. The molecule has 10 nitrogen and oxygen atoms in total. The van der Waals surface area contributed by atoms with Crippen molar-refractivity contribution in [1.29, 1.82) is 0 Å². The molecule has 1 atom stereocenters. The maximum Gasteiger partial charge on any atom is 0.283 e. The second-order valence-corrected chi connectivity index (χ2v) is 6.64. The van der Waals surface area contributed by atoms with Gasteiger partial charge in [0.1, 0.15) is 0 Å². The first-order chi connectivity index (χ1) is 14.0. The lowest BCUT2D eigenvalue weighted by Gasteiger charge is -2.17. The van der Waals surface area contributed by atoms with Crippen LogP contribution in [0.2, 0.25) is 0 Å². The van der Waals surface area contributed by atoms with Crippen molar-refractivity contribution in [3.63, 3.8) is 0 Å². The third-order valence-electron chi connectivity index (χ3n) is 4.32. The first kappa shape index (κ1) is 20.2. The number of aryl methyl sites for hydroxylation is 1. The number of non-ortho nitro benzene ring substituents is 1. The first-order valence-electron chi connectivity index (χ1n) is 9.21. The molecular formula is C19H22N5O5+. The van der Waals surface area contributed by atoms with Crippen LogP contribution in [0.5, 0.6) is 0 Å². The SMILES string of the molecule is CCC[NH+](CC(=O)Nc1cc([N+](=O)[O-])ccc1C)Cc1nnc(-c2ccco2)o1. The molecular weight excluding hydrogens is 378 g/mol. The molecule has 2 aromatic heterocycles. The molecule has 3 aromatic rings. The second kappa shape index (κ2) is 9.11. The van der Waals surface area contributed by atoms with Gasteiger partial charge in [0.25, 0.3) is 23.4 Å². The van der Waals surface area contributed by atoms with Gasteiger partial charge in [0.15, 0.2) is 18.8 Å². The van der Waals surface area contributed by atoms with Gasteiger partial charge in [-0.3, -0.25) is 14.9 Å². The standard InChI is InChI=1S/C19H21N5O5/c1-3-8-23(12-18-21-22-19(29-18)16-5-4-9-28-16)11-17(25)20-15-10-14(24(26)27)7-6-13(15)2/h4-7,9-10H,3,8,11-12H2,1-2H3,(H,20,25)/p+1. The lowest BCUT2D eigenvalue weighted by atomic mass is 10.2. The molecule has 0 aliphatic heterocycles. The smallest absolute Gasteiger partial charge is 0.283 e. The minimum Gasteiger partial charge on any atom is -0.459 e. The molecule has 0 radical (unpaired) electrons. The maximum absolute atomic E-state index is 12.5. The van der Waals surface area contributed by atoms with Crippen molar-refractivity contribution in [3.8, 4) is 11.7 Å². The van der Waals surface area contributed by atoms with Crippen LogP contribution in [0, 0.1) is 17.0 Å². The van der Waals surface area contributed by atoms with Gasteiger partial charge in [-0.05, 0) is 31.0 Å². The van der Waals surface area contributed by atoms with Crippen LogP contribution in [0.25, 0.3) is 11.7 Å². The number of hydrogen-bond donors (Lipinski definition) is 2. The van der Waals surface area contributed by atoms with E-state index in [-0.39, 0.29) is 24.0 Å². The summed E-state index contributed by atoms with van der Waals surface area (Å²) in [4.78, 5) is 23.9. The van der Waals surface area contributed by atoms with E-state index in [0.29, 0.717) is 23.9 Å². The number of quaternary nitrogens is 1. The fourth-order valence-corrected chi connectivity index (χ4v) is 2.91. The van der Waals surface area contributed by atoms with Crippen molar-refractivity contribution in [2.75, 3.05) is 18.4 Å². The van der Waals surface area contributed by atoms with Gasteiger partial charge in [-0.2, -0.15) is 0 Å². The van der Waals surface area contributed by atoms with E-state index in [9.17, 15) is 14.9 Å². The fourth-order valence-electron chi connectivity index (χ4n) is 2.91. The van der Waals surface area contributed by atoms with Gasteiger partial charge in [0.2, 0.25) is 0 Å². The molecule has 2 heterocycles. The van der Waals surface area contributed by atoms with Crippen LogP contribution < -0.4 is 10.2 Å². The third kappa shape index (κ3) is 5.26. The number of anilines is 1. The topological polar surface area (TPSA) is 129 Å². The number of nitrogens with one attached hydrogen (secondary N) is 2. The lowest BCUT2D eigenvalue weighted by molar-refractivity contribution is -0.907. The number of nitro benzene ring substituents is 1. The van der Waals surface area contributed by atoms with Crippen molar-refractivity contribution >= 4 is 17.3 Å². The highest BCUT2D eigenvalue weighted by Gasteiger charge is 2.20. The summed E-state index contributed by atoms with van der Waals surface area (Å²) < 4.78 is 10.9. The van der Waals surface area contributed by atoms with Crippen LogP contribution in [0.3, 0.4) is 0 Å². The van der Waals surface area contributed by atoms with Crippen molar-refractivity contribution in [2.24, 2.45) is 0 Å². The highest BCUT2D eigenvalue weighted by molar-refractivity contribution is 5.92. The van der Waals surface area contributed by atoms with E-state index in [2.05, 4.69) is 15.5 Å². The van der Waals surface area contributed by atoms with Crippen LogP contribution in [-0.2, 0) is 11.3 Å². The van der Waals surface area contributed by atoms with Crippen LogP contribution in [0.15, 0.2) is 45.4 Å². The number of benzene rings is 1. The molecule has 2 N–H and O–H groups in total. The molecule has 10 heteroatoms. The molecule has 0 saturated carbocycles. The number of hydrogen-bond acceptors (Lipinski definition) is 7. The highest BCUT2D eigenvalue weighted by Crippen LogP contribution is 2.21. The van der Waals surface area contributed by atoms with Crippen LogP contribution in [0.4, 0.5) is 11.4 Å². The molecule has 1 aromatic carbocycles. The Balaban J connectivity index is 1.65. The number of aromatic nitrogens is 2. The summed E-state index contributed by atoms with van der Waals surface area (Å²) in [5.74, 6) is 0.930. The van der Waals surface area contributed by atoms with Crippen LogP contribution in [-0.4, -0.2) is 34.1 Å². The number of carbonyl (C=O) groups excluding carboxylic acids is 1. The van der Waals surface area contributed by atoms with Gasteiger partial charge < -0.3 is 19.1 Å². The molecule has 29 heavy (non-hydrogen) atoms. The van der Waals surface area contributed by atoms with Crippen molar-refractivity contribution in [3.05, 3.63) is 58.2 Å². The van der Waals surface area contributed by atoms with E-state index in [1.807, 2.05) is 6.92 Å². The van der Waals surface area contributed by atoms with E-state index in [4.69, 9.17) is 8.83 Å². The predicted molar refractivity (Wildman–Crippen MR) is 103 cm³/mol. The van der Waals surface area contributed by atoms with Crippen LogP contribution in [0.1, 0.15) is 24.8 Å². The zero-order valence-electron chi connectivity index (χ0n) is 16.2. The van der Waals surface area contributed by atoms with Gasteiger partial charge in [0, 0.05) is 12.1 Å².